The summed E-state index contributed by atoms with van der Waals surface area (Å²) in [6.45, 7) is 7.15. The van der Waals surface area contributed by atoms with Gasteiger partial charge in [-0.3, -0.25) is 0 Å². The lowest BCUT2D eigenvalue weighted by atomic mass is 10.3. The van der Waals surface area contributed by atoms with Crippen LogP contribution in [-0.2, 0) is 0 Å². The maximum absolute atomic E-state index is 2.50. The summed E-state index contributed by atoms with van der Waals surface area (Å²) in [5.74, 6) is 0. The van der Waals surface area contributed by atoms with Gasteiger partial charge in [0.15, 0.2) is 0 Å². The second kappa shape index (κ2) is 5.96. The third kappa shape index (κ3) is 9.33. The van der Waals surface area contributed by atoms with Crippen LogP contribution in [0.4, 0.5) is 0 Å². The smallest absolute Gasteiger partial charge is 0.0696 e. The zero-order valence-electron chi connectivity index (χ0n) is 7.45. The molecule has 0 aromatic rings. The van der Waals surface area contributed by atoms with Crippen LogP contribution in [0.15, 0.2) is 9.28 Å². The first-order chi connectivity index (χ1) is 4.95. The lowest BCUT2D eigenvalue weighted by Crippen LogP contribution is -2.16. The molecule has 0 saturated heterocycles. The molecule has 0 aliphatic carbocycles. The van der Waals surface area contributed by atoms with E-state index in [9.17, 15) is 0 Å². The van der Waals surface area contributed by atoms with Crippen molar-refractivity contribution in [3.8, 4) is 0 Å². The molecule has 66 valence electrons. The van der Waals surface area contributed by atoms with Crippen molar-refractivity contribution in [1.29, 1.82) is 0 Å². The fraction of sp³-hybridized carbons (Fsp3) is 0.750. The van der Waals surface area contributed by atoms with Gasteiger partial charge in [0.1, 0.15) is 0 Å². The van der Waals surface area contributed by atoms with E-state index in [1.165, 1.54) is 17.3 Å². The summed E-state index contributed by atoms with van der Waals surface area (Å²) in [6.07, 6.45) is 2.62. The number of hydrogen-bond donors (Lipinski definition) is 0. The van der Waals surface area contributed by atoms with Gasteiger partial charge < -0.3 is 0 Å². The van der Waals surface area contributed by atoms with E-state index in [0.29, 0.717) is 0 Å². The van der Waals surface area contributed by atoms with Crippen LogP contribution in [0.2, 0.25) is 19.6 Å². The Labute approximate surface area is 98.5 Å². The minimum Gasteiger partial charge on any atom is -0.0864 e. The third-order valence-electron chi connectivity index (χ3n) is 1.14. The zero-order valence-corrected chi connectivity index (χ0v) is 12.8. The Balaban J connectivity index is 3.81. The van der Waals surface area contributed by atoms with Crippen molar-refractivity contribution in [2.45, 2.75) is 32.5 Å². The Hall–Kier alpha value is 1.42. The lowest BCUT2D eigenvalue weighted by Gasteiger charge is -2.10. The summed E-state index contributed by atoms with van der Waals surface area (Å²) in [7, 11) is -0.942. The van der Waals surface area contributed by atoms with Crippen molar-refractivity contribution < 1.29 is 0 Å². The van der Waals surface area contributed by atoms with Gasteiger partial charge in [-0.1, -0.05) is 47.9 Å². The third-order valence-corrected chi connectivity index (χ3v) is 4.55. The summed E-state index contributed by atoms with van der Waals surface area (Å²) in [6, 6.07) is 0. The first kappa shape index (κ1) is 12.4. The quantitative estimate of drug-likeness (QED) is 0.377. The molecule has 0 unspecified atom stereocenters. The Morgan fingerprint density at radius 3 is 2.27 bits per heavy atom. The van der Waals surface area contributed by atoms with Crippen molar-refractivity contribution >= 4 is 53.3 Å². The molecule has 0 nitrogen and oxygen atoms in total. The largest absolute Gasteiger partial charge is 0.0864 e. The fourth-order valence-corrected chi connectivity index (χ4v) is 5.43. The van der Waals surface area contributed by atoms with Crippen molar-refractivity contribution in [3.05, 3.63) is 9.28 Å². The maximum atomic E-state index is 2.50. The molecule has 0 saturated carbocycles. The highest BCUT2D eigenvalue weighted by atomic mass is 127. The minimum absolute atomic E-state index is 0.942. The van der Waals surface area contributed by atoms with Crippen molar-refractivity contribution in [2.24, 2.45) is 0 Å². The molecule has 0 spiro atoms. The van der Waals surface area contributed by atoms with Gasteiger partial charge in [0, 0.05) is 0 Å². The van der Waals surface area contributed by atoms with E-state index in [0.717, 1.165) is 0 Å². The Morgan fingerprint density at radius 2 is 1.91 bits per heavy atom. The van der Waals surface area contributed by atoms with Crippen LogP contribution in [-0.4, -0.2) is 12.5 Å². The lowest BCUT2D eigenvalue weighted by molar-refractivity contribution is 0.982. The van der Waals surface area contributed by atoms with Crippen LogP contribution in [0.1, 0.15) is 12.8 Å². The van der Waals surface area contributed by atoms with E-state index in [-0.39, 0.29) is 0 Å². The molecule has 0 N–H and O–H groups in total. The highest BCUT2D eigenvalue weighted by molar-refractivity contribution is 14.1. The van der Waals surface area contributed by atoms with Crippen LogP contribution >= 0.6 is 45.2 Å². The predicted octanol–water partition coefficient (Wildman–Crippen LogP) is 4.40. The van der Waals surface area contributed by atoms with Crippen LogP contribution in [0, 0.1) is 0 Å². The maximum Gasteiger partial charge on any atom is 0.0696 e. The monoisotopic (exact) mass is 394 g/mol. The fourth-order valence-electron chi connectivity index (χ4n) is 0.778. The van der Waals surface area contributed by atoms with Gasteiger partial charge in [-0.05, 0) is 43.4 Å². The van der Waals surface area contributed by atoms with Gasteiger partial charge in [-0.2, -0.15) is 0 Å². The molecule has 0 bridgehead atoms. The summed E-state index contributed by atoms with van der Waals surface area (Å²) in [5.41, 5.74) is 2.50. The van der Waals surface area contributed by atoms with Crippen LogP contribution in [0.25, 0.3) is 0 Å². The van der Waals surface area contributed by atoms with E-state index in [1.54, 1.807) is 3.58 Å². The van der Waals surface area contributed by atoms with Gasteiger partial charge in [0.25, 0.3) is 0 Å². The molecular weight excluding hydrogens is 378 g/mol. The van der Waals surface area contributed by atoms with E-state index in [2.05, 4.69) is 70.5 Å². The average molecular weight is 394 g/mol. The summed E-state index contributed by atoms with van der Waals surface area (Å²) >= 11 is 4.92. The number of hydrogen-bond acceptors (Lipinski definition) is 0. The van der Waals surface area contributed by atoms with E-state index < -0.39 is 8.07 Å². The van der Waals surface area contributed by atoms with Crippen LogP contribution < -0.4 is 0 Å². The van der Waals surface area contributed by atoms with Gasteiger partial charge in [-0.15, -0.1) is 0 Å². The molecule has 0 atom stereocenters. The number of alkyl halides is 1. The van der Waals surface area contributed by atoms with E-state index >= 15 is 0 Å². The minimum atomic E-state index is -0.942. The SMILES string of the molecule is C[Si](C)(C)/C=C(\I)CCCI. The van der Waals surface area contributed by atoms with E-state index in [4.69, 9.17) is 0 Å². The molecule has 0 amide bonds. The highest BCUT2D eigenvalue weighted by Gasteiger charge is 2.09. The topological polar surface area (TPSA) is 0 Å². The molecule has 0 aromatic carbocycles. The first-order valence-electron chi connectivity index (χ1n) is 3.89. The van der Waals surface area contributed by atoms with Gasteiger partial charge in [0.05, 0.1) is 8.07 Å². The van der Waals surface area contributed by atoms with Gasteiger partial charge in [0.2, 0.25) is 0 Å². The van der Waals surface area contributed by atoms with Crippen LogP contribution in [0.5, 0.6) is 0 Å². The molecule has 0 fully saturated rings. The molecule has 0 radical (unpaired) electrons. The highest BCUT2D eigenvalue weighted by Crippen LogP contribution is 2.18. The molecule has 0 rings (SSSR count). The van der Waals surface area contributed by atoms with Gasteiger partial charge in [-0.25, -0.2) is 0 Å². The number of halogens is 2. The van der Waals surface area contributed by atoms with Crippen molar-refractivity contribution in [1.82, 2.24) is 0 Å². The summed E-state index contributed by atoms with van der Waals surface area (Å²) in [4.78, 5) is 0. The Morgan fingerprint density at radius 1 is 1.36 bits per heavy atom. The van der Waals surface area contributed by atoms with Crippen molar-refractivity contribution in [3.63, 3.8) is 0 Å². The predicted molar refractivity (Wildman–Crippen MR) is 73.6 cm³/mol. The molecule has 0 aromatic heterocycles. The molecule has 0 aliphatic heterocycles. The molecule has 11 heavy (non-hydrogen) atoms. The summed E-state index contributed by atoms with van der Waals surface area (Å²) in [5, 5.41) is 0. The van der Waals surface area contributed by atoms with Gasteiger partial charge >= 0.3 is 0 Å². The van der Waals surface area contributed by atoms with E-state index in [1.807, 2.05) is 0 Å². The molecule has 0 aliphatic rings. The molecule has 0 heterocycles. The average Bonchev–Trinajstić information content (AvgIpc) is 1.79. The standard InChI is InChI=1S/C8H16I2Si/c1-11(2,3)7-8(10)5-4-6-9/h7H,4-6H2,1-3H3/b8-7-. The normalized spacial score (nSPS) is 13.7. The van der Waals surface area contributed by atoms with Crippen molar-refractivity contribution in [2.75, 3.05) is 4.43 Å². The number of allylic oxidation sites excluding steroid dienone is 1. The first-order valence-corrected chi connectivity index (χ1v) is 10.1. The molecule has 3 heteroatoms. The second-order valence-electron chi connectivity index (χ2n) is 3.75. The Kier molecular flexibility index (Phi) is 6.73. The zero-order chi connectivity index (χ0) is 8.91. The number of rotatable bonds is 4. The summed E-state index contributed by atoms with van der Waals surface area (Å²) < 4.78 is 2.85. The Bertz CT molecular complexity index is 136. The van der Waals surface area contributed by atoms with Crippen LogP contribution in [0.3, 0.4) is 0 Å². The second-order valence-corrected chi connectivity index (χ2v) is 11.2. The molecular formula is C8H16I2Si.